The zero-order valence-electron chi connectivity index (χ0n) is 11.7. The number of hydrogen-bond acceptors (Lipinski definition) is 4. The number of nitro groups is 1. The van der Waals surface area contributed by atoms with Crippen LogP contribution in [-0.2, 0) is 11.2 Å². The Labute approximate surface area is 145 Å². The van der Waals surface area contributed by atoms with Crippen LogP contribution in [0.4, 0.5) is 5.69 Å². The molecule has 0 aliphatic heterocycles. The first-order valence-electron chi connectivity index (χ1n) is 6.46. The van der Waals surface area contributed by atoms with Gasteiger partial charge in [-0.2, -0.15) is 5.10 Å². The number of nitrogens with one attached hydrogen (secondary N) is 1. The van der Waals surface area contributed by atoms with Crippen LogP contribution < -0.4 is 5.43 Å². The van der Waals surface area contributed by atoms with E-state index in [0.29, 0.717) is 5.56 Å². The molecule has 2 aromatic rings. The van der Waals surface area contributed by atoms with Crippen molar-refractivity contribution in [1.82, 2.24) is 5.43 Å². The molecule has 118 valence electrons. The van der Waals surface area contributed by atoms with Crippen molar-refractivity contribution in [2.24, 2.45) is 5.10 Å². The third kappa shape index (κ3) is 5.15. The summed E-state index contributed by atoms with van der Waals surface area (Å²) in [4.78, 5) is 22.0. The van der Waals surface area contributed by atoms with Crippen molar-refractivity contribution in [2.75, 3.05) is 0 Å². The molecule has 2 rings (SSSR count). The van der Waals surface area contributed by atoms with E-state index >= 15 is 0 Å². The second-order valence-electron chi connectivity index (χ2n) is 4.56. The molecule has 0 fully saturated rings. The molecule has 8 heteroatoms. The molecule has 0 unspecified atom stereocenters. The number of hydrazone groups is 1. The largest absolute Gasteiger partial charge is 0.288 e. The number of carbonyl (C=O) groups is 1. The highest BCUT2D eigenvalue weighted by Gasteiger charge is 2.11. The number of amides is 1. The lowest BCUT2D eigenvalue weighted by molar-refractivity contribution is -0.384. The standard InChI is InChI=1S/C15H11BrClN3O3/c16-12-4-1-10(2-5-12)8-15(21)19-18-9-11-3-6-13(17)14(7-11)20(22)23/h1-7,9H,8H2,(H,19,21)/b18-9+. The van der Waals surface area contributed by atoms with E-state index in [2.05, 4.69) is 26.5 Å². The maximum atomic E-state index is 11.8. The van der Waals surface area contributed by atoms with Gasteiger partial charge in [-0.25, -0.2) is 5.43 Å². The number of halogens is 2. The molecule has 1 amide bonds. The average Bonchev–Trinajstić information content (AvgIpc) is 2.51. The van der Waals surface area contributed by atoms with E-state index in [-0.39, 0.29) is 23.0 Å². The maximum absolute atomic E-state index is 11.8. The normalized spacial score (nSPS) is 10.7. The quantitative estimate of drug-likeness (QED) is 0.475. The lowest BCUT2D eigenvalue weighted by atomic mass is 10.1. The first-order valence-corrected chi connectivity index (χ1v) is 7.63. The summed E-state index contributed by atoms with van der Waals surface area (Å²) in [5, 5.41) is 14.6. The van der Waals surface area contributed by atoms with Gasteiger partial charge in [-0.3, -0.25) is 14.9 Å². The fourth-order valence-electron chi connectivity index (χ4n) is 1.76. The number of carbonyl (C=O) groups excluding carboxylic acids is 1. The third-order valence-electron chi connectivity index (χ3n) is 2.85. The van der Waals surface area contributed by atoms with Gasteiger partial charge in [0, 0.05) is 16.1 Å². The van der Waals surface area contributed by atoms with Gasteiger partial charge < -0.3 is 0 Å². The number of nitrogens with zero attached hydrogens (tertiary/aromatic N) is 2. The summed E-state index contributed by atoms with van der Waals surface area (Å²) in [5.41, 5.74) is 3.48. The minimum Gasteiger partial charge on any atom is -0.273 e. The Bertz CT molecular complexity index is 763. The summed E-state index contributed by atoms with van der Waals surface area (Å²) in [6.45, 7) is 0. The van der Waals surface area contributed by atoms with Crippen molar-refractivity contribution in [3.05, 3.63) is 73.2 Å². The Balaban J connectivity index is 1.96. The van der Waals surface area contributed by atoms with Gasteiger partial charge in [0.15, 0.2) is 0 Å². The van der Waals surface area contributed by atoms with Gasteiger partial charge in [0.1, 0.15) is 5.02 Å². The molecule has 0 aliphatic carbocycles. The zero-order valence-corrected chi connectivity index (χ0v) is 14.0. The van der Waals surface area contributed by atoms with Crippen LogP contribution in [0, 0.1) is 10.1 Å². The van der Waals surface area contributed by atoms with Gasteiger partial charge in [-0.15, -0.1) is 0 Å². The molecule has 0 saturated carbocycles. The second-order valence-corrected chi connectivity index (χ2v) is 5.89. The first kappa shape index (κ1) is 17.1. The smallest absolute Gasteiger partial charge is 0.273 e. The van der Waals surface area contributed by atoms with Crippen LogP contribution in [0.15, 0.2) is 52.0 Å². The summed E-state index contributed by atoms with van der Waals surface area (Å²) in [5.74, 6) is -0.285. The van der Waals surface area contributed by atoms with E-state index in [1.807, 2.05) is 24.3 Å². The number of benzene rings is 2. The predicted molar refractivity (Wildman–Crippen MR) is 91.7 cm³/mol. The van der Waals surface area contributed by atoms with Crippen molar-refractivity contribution < 1.29 is 9.72 Å². The van der Waals surface area contributed by atoms with Gasteiger partial charge in [0.25, 0.3) is 5.69 Å². The highest BCUT2D eigenvalue weighted by molar-refractivity contribution is 9.10. The van der Waals surface area contributed by atoms with Crippen LogP contribution in [0.25, 0.3) is 0 Å². The third-order valence-corrected chi connectivity index (χ3v) is 3.70. The van der Waals surface area contributed by atoms with E-state index in [4.69, 9.17) is 11.6 Å². The van der Waals surface area contributed by atoms with Crippen molar-refractivity contribution in [2.45, 2.75) is 6.42 Å². The molecule has 0 heterocycles. The molecule has 23 heavy (non-hydrogen) atoms. The number of nitro benzene ring substituents is 1. The van der Waals surface area contributed by atoms with E-state index in [9.17, 15) is 14.9 Å². The molecule has 0 radical (unpaired) electrons. The highest BCUT2D eigenvalue weighted by Crippen LogP contribution is 2.24. The molecule has 0 aromatic heterocycles. The van der Waals surface area contributed by atoms with Crippen LogP contribution >= 0.6 is 27.5 Å². The summed E-state index contributed by atoms with van der Waals surface area (Å²) < 4.78 is 0.934. The molecule has 2 aromatic carbocycles. The maximum Gasteiger partial charge on any atom is 0.288 e. The van der Waals surface area contributed by atoms with Gasteiger partial charge in [-0.05, 0) is 23.8 Å². The fourth-order valence-corrected chi connectivity index (χ4v) is 2.21. The van der Waals surface area contributed by atoms with E-state index in [1.54, 1.807) is 6.07 Å². The zero-order chi connectivity index (χ0) is 16.8. The van der Waals surface area contributed by atoms with Crippen molar-refractivity contribution >= 4 is 45.3 Å². The van der Waals surface area contributed by atoms with Crippen molar-refractivity contribution in [1.29, 1.82) is 0 Å². The topological polar surface area (TPSA) is 84.6 Å². The minimum atomic E-state index is -0.578. The number of rotatable bonds is 5. The summed E-state index contributed by atoms with van der Waals surface area (Å²) in [6, 6.07) is 11.6. The van der Waals surface area contributed by atoms with Gasteiger partial charge in [0.05, 0.1) is 17.6 Å². The summed E-state index contributed by atoms with van der Waals surface area (Å²) >= 11 is 9.04. The van der Waals surface area contributed by atoms with Gasteiger partial charge in [-0.1, -0.05) is 45.7 Å². The Morgan fingerprint density at radius 1 is 1.30 bits per heavy atom. The van der Waals surface area contributed by atoms with E-state index in [0.717, 1.165) is 10.0 Å². The molecule has 0 atom stereocenters. The van der Waals surface area contributed by atoms with Crippen LogP contribution in [0.1, 0.15) is 11.1 Å². The molecule has 6 nitrogen and oxygen atoms in total. The predicted octanol–water partition coefficient (Wildman–Crippen LogP) is 3.70. The molecular formula is C15H11BrClN3O3. The first-order chi connectivity index (χ1) is 11.0. The van der Waals surface area contributed by atoms with E-state index in [1.165, 1.54) is 18.3 Å². The Kier molecular flexibility index (Phi) is 5.84. The van der Waals surface area contributed by atoms with Crippen LogP contribution in [0.3, 0.4) is 0 Å². The monoisotopic (exact) mass is 395 g/mol. The summed E-state index contributed by atoms with van der Waals surface area (Å²) in [6.07, 6.45) is 1.51. The highest BCUT2D eigenvalue weighted by atomic mass is 79.9. The molecule has 1 N–H and O–H groups in total. The van der Waals surface area contributed by atoms with Crippen LogP contribution in [0.2, 0.25) is 5.02 Å². The second kappa shape index (κ2) is 7.85. The SMILES string of the molecule is O=C(Cc1ccc(Br)cc1)N/N=C/c1ccc(Cl)c([N+](=O)[O-])c1. The molecule has 0 saturated heterocycles. The Morgan fingerprint density at radius 2 is 2.00 bits per heavy atom. The molecule has 0 spiro atoms. The Morgan fingerprint density at radius 3 is 2.65 bits per heavy atom. The van der Waals surface area contributed by atoms with Crippen molar-refractivity contribution in [3.63, 3.8) is 0 Å². The molecule has 0 bridgehead atoms. The average molecular weight is 397 g/mol. The van der Waals surface area contributed by atoms with E-state index < -0.39 is 4.92 Å². The van der Waals surface area contributed by atoms with Crippen LogP contribution in [0.5, 0.6) is 0 Å². The van der Waals surface area contributed by atoms with Gasteiger partial charge in [0.2, 0.25) is 5.91 Å². The molecule has 0 aliphatic rings. The lowest BCUT2D eigenvalue weighted by Crippen LogP contribution is -2.19. The fraction of sp³-hybridized carbons (Fsp3) is 0.0667. The van der Waals surface area contributed by atoms with Gasteiger partial charge >= 0.3 is 0 Å². The summed E-state index contributed by atoms with van der Waals surface area (Å²) in [7, 11) is 0. The molecular weight excluding hydrogens is 386 g/mol. The van der Waals surface area contributed by atoms with Crippen LogP contribution in [-0.4, -0.2) is 17.0 Å². The lowest BCUT2D eigenvalue weighted by Gasteiger charge is -2.01. The van der Waals surface area contributed by atoms with Crippen molar-refractivity contribution in [3.8, 4) is 0 Å². The Hall–Kier alpha value is -2.25. The minimum absolute atomic E-state index is 0.0476. The number of hydrogen-bond donors (Lipinski definition) is 1.